The minimum absolute atomic E-state index is 0.0234. The fourth-order valence-corrected chi connectivity index (χ4v) is 1.76. The normalized spacial score (nSPS) is 19.6. The van der Waals surface area contributed by atoms with Crippen LogP contribution < -0.4 is 5.56 Å². The molecule has 1 saturated heterocycles. The van der Waals surface area contributed by atoms with E-state index < -0.39 is 17.9 Å². The van der Waals surface area contributed by atoms with E-state index in [1.807, 2.05) is 0 Å². The van der Waals surface area contributed by atoms with Crippen molar-refractivity contribution in [2.24, 2.45) is 0 Å². The highest BCUT2D eigenvalue weighted by molar-refractivity contribution is 5.96. The topological polar surface area (TPSA) is 99.7 Å². The third-order valence-corrected chi connectivity index (χ3v) is 2.71. The smallest absolute Gasteiger partial charge is 0.328 e. The largest absolute Gasteiger partial charge is 0.480 e. The summed E-state index contributed by atoms with van der Waals surface area (Å²) < 4.78 is 5.05. The van der Waals surface area contributed by atoms with Crippen molar-refractivity contribution in [1.82, 2.24) is 9.88 Å². The van der Waals surface area contributed by atoms with Gasteiger partial charge < -0.3 is 19.7 Å². The van der Waals surface area contributed by atoms with Gasteiger partial charge >= 0.3 is 5.97 Å². The lowest BCUT2D eigenvalue weighted by molar-refractivity contribution is -0.147. The molecule has 1 aromatic heterocycles. The van der Waals surface area contributed by atoms with Crippen LogP contribution in [0.25, 0.3) is 0 Å². The second-order valence-electron chi connectivity index (χ2n) is 3.87. The number of aliphatic carboxylic acids is 1. The van der Waals surface area contributed by atoms with Crippen molar-refractivity contribution in [2.45, 2.75) is 6.04 Å². The van der Waals surface area contributed by atoms with Gasteiger partial charge in [0.25, 0.3) is 5.91 Å². The molecular formula is C11H12N2O5. The van der Waals surface area contributed by atoms with Crippen LogP contribution in [-0.2, 0) is 9.53 Å². The van der Waals surface area contributed by atoms with Crippen LogP contribution in [0.15, 0.2) is 23.1 Å². The van der Waals surface area contributed by atoms with E-state index in [4.69, 9.17) is 9.84 Å². The first kappa shape index (κ1) is 12.3. The molecule has 1 unspecified atom stereocenters. The van der Waals surface area contributed by atoms with Crippen LogP contribution in [0.1, 0.15) is 10.4 Å². The first-order valence-electron chi connectivity index (χ1n) is 5.40. The van der Waals surface area contributed by atoms with E-state index >= 15 is 0 Å². The number of nitrogens with one attached hydrogen (secondary N) is 1. The zero-order chi connectivity index (χ0) is 13.1. The molecule has 0 radical (unpaired) electrons. The molecule has 1 aliphatic rings. The van der Waals surface area contributed by atoms with Gasteiger partial charge in [-0.05, 0) is 6.07 Å². The van der Waals surface area contributed by atoms with Crippen molar-refractivity contribution < 1.29 is 19.4 Å². The van der Waals surface area contributed by atoms with Crippen molar-refractivity contribution in [2.75, 3.05) is 19.8 Å². The quantitative estimate of drug-likeness (QED) is 0.725. The summed E-state index contributed by atoms with van der Waals surface area (Å²) in [7, 11) is 0. The second-order valence-corrected chi connectivity index (χ2v) is 3.87. The number of pyridine rings is 1. The van der Waals surface area contributed by atoms with Crippen LogP contribution in [-0.4, -0.2) is 52.7 Å². The Labute approximate surface area is 102 Å². The van der Waals surface area contributed by atoms with Gasteiger partial charge in [0.05, 0.1) is 18.8 Å². The Morgan fingerprint density at radius 3 is 2.83 bits per heavy atom. The number of carboxylic acid groups (broad SMARTS) is 1. The van der Waals surface area contributed by atoms with Gasteiger partial charge in [0.1, 0.15) is 0 Å². The summed E-state index contributed by atoms with van der Waals surface area (Å²) in [5.74, 6) is -1.53. The number of carboxylic acids is 1. The van der Waals surface area contributed by atoms with Gasteiger partial charge in [0, 0.05) is 18.8 Å². The summed E-state index contributed by atoms with van der Waals surface area (Å²) in [5.41, 5.74) is -0.0638. The van der Waals surface area contributed by atoms with Gasteiger partial charge in [0.15, 0.2) is 6.04 Å². The minimum atomic E-state index is -1.10. The third kappa shape index (κ3) is 2.40. The number of carbonyl (C=O) groups excluding carboxylic acids is 1. The number of H-pyrrole nitrogens is 1. The number of ether oxygens (including phenoxy) is 1. The molecule has 18 heavy (non-hydrogen) atoms. The van der Waals surface area contributed by atoms with Crippen LogP contribution in [0.2, 0.25) is 0 Å². The van der Waals surface area contributed by atoms with E-state index in [2.05, 4.69) is 4.98 Å². The zero-order valence-corrected chi connectivity index (χ0v) is 9.46. The maximum atomic E-state index is 12.1. The highest BCUT2D eigenvalue weighted by atomic mass is 16.5. The van der Waals surface area contributed by atoms with Gasteiger partial charge in [-0.3, -0.25) is 9.59 Å². The Morgan fingerprint density at radius 1 is 1.44 bits per heavy atom. The molecular weight excluding hydrogens is 240 g/mol. The van der Waals surface area contributed by atoms with Crippen molar-refractivity contribution in [3.8, 4) is 0 Å². The maximum Gasteiger partial charge on any atom is 0.328 e. The number of morpholine rings is 1. The van der Waals surface area contributed by atoms with Crippen LogP contribution in [0.5, 0.6) is 0 Å². The molecule has 0 saturated carbocycles. The van der Waals surface area contributed by atoms with Gasteiger partial charge in [-0.2, -0.15) is 0 Å². The van der Waals surface area contributed by atoms with E-state index in [9.17, 15) is 14.4 Å². The molecule has 1 atom stereocenters. The summed E-state index contributed by atoms with van der Waals surface area (Å²) in [6, 6.07) is 1.61. The van der Waals surface area contributed by atoms with Crippen molar-refractivity contribution in [3.05, 3.63) is 34.2 Å². The lowest BCUT2D eigenvalue weighted by atomic mass is 10.1. The Balaban J connectivity index is 2.23. The zero-order valence-electron chi connectivity index (χ0n) is 9.46. The van der Waals surface area contributed by atoms with Gasteiger partial charge in [-0.25, -0.2) is 4.79 Å². The van der Waals surface area contributed by atoms with Crippen LogP contribution >= 0.6 is 0 Å². The molecule has 96 valence electrons. The first-order valence-corrected chi connectivity index (χ1v) is 5.40. The van der Waals surface area contributed by atoms with E-state index in [-0.39, 0.29) is 24.3 Å². The predicted octanol–water partition coefficient (Wildman–Crippen LogP) is -0.700. The molecule has 0 aromatic carbocycles. The summed E-state index contributed by atoms with van der Waals surface area (Å²) in [6.45, 7) is 0.498. The Bertz CT molecular complexity index is 504. The van der Waals surface area contributed by atoms with Gasteiger partial charge in [0.2, 0.25) is 5.56 Å². The number of nitrogens with zero attached hydrogens (tertiary/aromatic N) is 1. The highest BCUT2D eigenvalue weighted by Gasteiger charge is 2.33. The molecule has 1 aromatic rings. The molecule has 7 heteroatoms. The van der Waals surface area contributed by atoms with Crippen LogP contribution in [0, 0.1) is 0 Å². The summed E-state index contributed by atoms with van der Waals surface area (Å²) >= 11 is 0. The number of aromatic nitrogens is 1. The summed E-state index contributed by atoms with van der Waals surface area (Å²) in [5, 5.41) is 9.02. The Hall–Kier alpha value is -2.15. The van der Waals surface area contributed by atoms with Gasteiger partial charge in [-0.1, -0.05) is 0 Å². The molecule has 1 fully saturated rings. The standard InChI is InChI=1S/C11H12N2O5/c14-9-2-1-7(5-12-9)10(15)13-3-4-18-6-8(13)11(16)17/h1-2,5,8H,3-4,6H2,(H,12,14)(H,16,17). The first-order chi connectivity index (χ1) is 8.59. The predicted molar refractivity (Wildman–Crippen MR) is 60.3 cm³/mol. The molecule has 0 bridgehead atoms. The number of rotatable bonds is 2. The lowest BCUT2D eigenvalue weighted by Gasteiger charge is -2.32. The molecule has 2 N–H and O–H groups in total. The monoisotopic (exact) mass is 252 g/mol. The number of hydrogen-bond acceptors (Lipinski definition) is 4. The fraction of sp³-hybridized carbons (Fsp3) is 0.364. The van der Waals surface area contributed by atoms with E-state index in [1.54, 1.807) is 0 Å². The SMILES string of the molecule is O=C(O)C1COCCN1C(=O)c1ccc(=O)[nH]c1. The van der Waals surface area contributed by atoms with Crippen molar-refractivity contribution in [1.29, 1.82) is 0 Å². The minimum Gasteiger partial charge on any atom is -0.480 e. The molecule has 2 heterocycles. The molecule has 7 nitrogen and oxygen atoms in total. The second kappa shape index (κ2) is 5.01. The summed E-state index contributed by atoms with van der Waals surface area (Å²) in [6.07, 6.45) is 1.28. The molecule has 1 aliphatic heterocycles. The summed E-state index contributed by atoms with van der Waals surface area (Å²) in [4.78, 5) is 37.7. The highest BCUT2D eigenvalue weighted by Crippen LogP contribution is 2.11. The fourth-order valence-electron chi connectivity index (χ4n) is 1.76. The molecule has 1 amide bonds. The number of carbonyl (C=O) groups is 2. The van der Waals surface area contributed by atoms with Crippen LogP contribution in [0.3, 0.4) is 0 Å². The van der Waals surface area contributed by atoms with E-state index in [0.29, 0.717) is 6.61 Å². The molecule has 0 aliphatic carbocycles. The number of aromatic amines is 1. The maximum absolute atomic E-state index is 12.1. The Morgan fingerprint density at radius 2 is 2.22 bits per heavy atom. The number of hydrogen-bond donors (Lipinski definition) is 2. The third-order valence-electron chi connectivity index (χ3n) is 2.71. The van der Waals surface area contributed by atoms with E-state index in [0.717, 1.165) is 0 Å². The van der Waals surface area contributed by atoms with Crippen LogP contribution in [0.4, 0.5) is 0 Å². The van der Waals surface area contributed by atoms with Crippen molar-refractivity contribution >= 4 is 11.9 Å². The van der Waals surface area contributed by atoms with Gasteiger partial charge in [-0.15, -0.1) is 0 Å². The van der Waals surface area contributed by atoms with Crippen molar-refractivity contribution in [3.63, 3.8) is 0 Å². The average molecular weight is 252 g/mol. The molecule has 2 rings (SSSR count). The Kier molecular flexibility index (Phi) is 3.42. The number of amides is 1. The average Bonchev–Trinajstić information content (AvgIpc) is 2.39. The van der Waals surface area contributed by atoms with E-state index in [1.165, 1.54) is 23.2 Å². The molecule has 0 spiro atoms. The lowest BCUT2D eigenvalue weighted by Crippen LogP contribution is -2.52.